The van der Waals surface area contributed by atoms with Crippen molar-refractivity contribution in [1.82, 2.24) is 10.0 Å². The minimum absolute atomic E-state index is 0.286. The van der Waals surface area contributed by atoms with Crippen LogP contribution in [0, 0.1) is 13.8 Å². The average molecular weight is 320 g/mol. The summed E-state index contributed by atoms with van der Waals surface area (Å²) in [6.45, 7) is 4.42. The molecular formula is C13H24N2O3S2. The zero-order valence-corrected chi connectivity index (χ0v) is 14.2. The van der Waals surface area contributed by atoms with Crippen molar-refractivity contribution in [1.29, 1.82) is 0 Å². The first-order valence-corrected chi connectivity index (χ1v) is 9.53. The van der Waals surface area contributed by atoms with Gasteiger partial charge in [0.1, 0.15) is 16.4 Å². The predicted molar refractivity (Wildman–Crippen MR) is 83.8 cm³/mol. The van der Waals surface area contributed by atoms with Gasteiger partial charge in [0.2, 0.25) is 10.0 Å². The topological polar surface area (TPSA) is 71.3 Å². The lowest BCUT2D eigenvalue weighted by Gasteiger charge is -2.08. The van der Waals surface area contributed by atoms with E-state index in [-0.39, 0.29) is 4.90 Å². The first kappa shape index (κ1) is 17.6. The van der Waals surface area contributed by atoms with Crippen LogP contribution in [0.4, 0.5) is 0 Å². The summed E-state index contributed by atoms with van der Waals surface area (Å²) in [5, 5.41) is 2.98. The highest BCUT2D eigenvalue weighted by atomic mass is 32.2. The molecule has 1 aromatic rings. The van der Waals surface area contributed by atoms with Gasteiger partial charge in [0, 0.05) is 18.7 Å². The number of aryl methyl sites for hydroxylation is 2. The van der Waals surface area contributed by atoms with Crippen LogP contribution in [0.2, 0.25) is 0 Å². The Labute approximate surface area is 125 Å². The molecule has 1 heterocycles. The van der Waals surface area contributed by atoms with Crippen molar-refractivity contribution in [3.63, 3.8) is 0 Å². The van der Waals surface area contributed by atoms with Crippen molar-refractivity contribution < 1.29 is 12.8 Å². The summed E-state index contributed by atoms with van der Waals surface area (Å²) < 4.78 is 32.9. The predicted octanol–water partition coefficient (Wildman–Crippen LogP) is 2.04. The fraction of sp³-hybridized carbons (Fsp3) is 0.692. The maximum Gasteiger partial charge on any atom is 0.244 e. The number of nitrogens with one attached hydrogen (secondary N) is 2. The van der Waals surface area contributed by atoms with Crippen molar-refractivity contribution in [2.45, 2.75) is 38.1 Å². The van der Waals surface area contributed by atoms with Crippen LogP contribution in [0.1, 0.15) is 29.9 Å². The van der Waals surface area contributed by atoms with E-state index in [4.69, 9.17) is 4.42 Å². The molecule has 1 rings (SSSR count). The molecule has 0 radical (unpaired) electrons. The molecule has 1 aromatic heterocycles. The van der Waals surface area contributed by atoms with E-state index in [9.17, 15) is 8.42 Å². The highest BCUT2D eigenvalue weighted by molar-refractivity contribution is 7.98. The molecule has 0 aromatic carbocycles. The van der Waals surface area contributed by atoms with E-state index in [1.165, 1.54) is 0 Å². The second-order valence-electron chi connectivity index (χ2n) is 4.65. The minimum atomic E-state index is -3.50. The Kier molecular flexibility index (Phi) is 7.08. The van der Waals surface area contributed by atoms with Crippen molar-refractivity contribution >= 4 is 21.8 Å². The lowest BCUT2D eigenvalue weighted by Crippen LogP contribution is -2.26. The Morgan fingerprint density at radius 2 is 1.90 bits per heavy atom. The van der Waals surface area contributed by atoms with E-state index >= 15 is 0 Å². The molecule has 0 aliphatic heterocycles. The number of thioether (sulfide) groups is 1. The lowest BCUT2D eigenvalue weighted by molar-refractivity contribution is 0.493. The van der Waals surface area contributed by atoms with Crippen molar-refractivity contribution in [3.05, 3.63) is 17.1 Å². The smallest absolute Gasteiger partial charge is 0.244 e. The number of unbranched alkanes of at least 4 members (excludes halogenated alkanes) is 1. The molecule has 0 fully saturated rings. The molecule has 0 saturated carbocycles. The number of furan rings is 1. The molecular weight excluding hydrogens is 296 g/mol. The van der Waals surface area contributed by atoms with Gasteiger partial charge in [0.15, 0.2) is 0 Å². The number of hydrogen-bond acceptors (Lipinski definition) is 5. The summed E-state index contributed by atoms with van der Waals surface area (Å²) in [6.07, 6.45) is 3.90. The Morgan fingerprint density at radius 3 is 2.50 bits per heavy atom. The van der Waals surface area contributed by atoms with E-state index in [1.54, 1.807) is 32.7 Å². The van der Waals surface area contributed by atoms with Crippen LogP contribution in [-0.4, -0.2) is 34.0 Å². The molecule has 7 heteroatoms. The lowest BCUT2D eigenvalue weighted by atomic mass is 10.2. The van der Waals surface area contributed by atoms with Crippen LogP contribution in [0.5, 0.6) is 0 Å². The number of hydrogen-bond donors (Lipinski definition) is 2. The molecule has 0 saturated heterocycles. The Bertz CT molecular complexity index is 524. The number of rotatable bonds is 9. The quantitative estimate of drug-likeness (QED) is 0.681. The number of sulfonamides is 1. The van der Waals surface area contributed by atoms with E-state index < -0.39 is 10.0 Å². The van der Waals surface area contributed by atoms with Gasteiger partial charge in [0.25, 0.3) is 0 Å². The SMILES string of the molecule is CNCc1c(C)oc(C)c1S(=O)(=O)NCCCCSC. The summed E-state index contributed by atoms with van der Waals surface area (Å²) in [5.41, 5.74) is 0.710. The van der Waals surface area contributed by atoms with Gasteiger partial charge >= 0.3 is 0 Å². The maximum atomic E-state index is 12.4. The van der Waals surface area contributed by atoms with Crippen LogP contribution < -0.4 is 10.0 Å². The molecule has 0 spiro atoms. The van der Waals surface area contributed by atoms with E-state index in [1.807, 2.05) is 6.26 Å². The monoisotopic (exact) mass is 320 g/mol. The van der Waals surface area contributed by atoms with E-state index in [2.05, 4.69) is 10.0 Å². The van der Waals surface area contributed by atoms with Crippen LogP contribution in [0.3, 0.4) is 0 Å². The Morgan fingerprint density at radius 1 is 1.20 bits per heavy atom. The van der Waals surface area contributed by atoms with Crippen LogP contribution >= 0.6 is 11.8 Å². The second-order valence-corrected chi connectivity index (χ2v) is 7.34. The van der Waals surface area contributed by atoms with Gasteiger partial charge in [-0.15, -0.1) is 0 Å². The molecule has 0 aliphatic carbocycles. The van der Waals surface area contributed by atoms with Crippen molar-refractivity contribution in [2.24, 2.45) is 0 Å². The van der Waals surface area contributed by atoms with E-state index in [0.717, 1.165) is 18.6 Å². The second kappa shape index (κ2) is 8.07. The van der Waals surface area contributed by atoms with Gasteiger partial charge in [-0.1, -0.05) is 0 Å². The highest BCUT2D eigenvalue weighted by Crippen LogP contribution is 2.26. The molecule has 0 bridgehead atoms. The summed E-state index contributed by atoms with van der Waals surface area (Å²) in [4.78, 5) is 0.286. The minimum Gasteiger partial charge on any atom is -0.465 e. The van der Waals surface area contributed by atoms with Crippen LogP contribution in [0.15, 0.2) is 9.31 Å². The zero-order valence-electron chi connectivity index (χ0n) is 12.6. The van der Waals surface area contributed by atoms with Crippen LogP contribution in [0.25, 0.3) is 0 Å². The molecule has 20 heavy (non-hydrogen) atoms. The van der Waals surface area contributed by atoms with Gasteiger partial charge in [-0.05, 0) is 45.7 Å². The summed E-state index contributed by atoms with van der Waals surface area (Å²) in [6, 6.07) is 0. The van der Waals surface area contributed by atoms with Gasteiger partial charge in [-0.2, -0.15) is 11.8 Å². The Hall–Kier alpha value is -0.500. The fourth-order valence-electron chi connectivity index (χ4n) is 2.09. The third-order valence-electron chi connectivity index (χ3n) is 3.01. The third kappa shape index (κ3) is 4.51. The maximum absolute atomic E-state index is 12.4. The van der Waals surface area contributed by atoms with Crippen molar-refractivity contribution in [2.75, 3.05) is 25.6 Å². The largest absolute Gasteiger partial charge is 0.465 e. The molecule has 0 aliphatic rings. The summed E-state index contributed by atoms with van der Waals surface area (Å²) >= 11 is 1.77. The molecule has 2 N–H and O–H groups in total. The standard InChI is InChI=1S/C13H24N2O3S2/c1-10-12(9-14-3)13(11(2)18-10)20(16,17)15-7-5-6-8-19-4/h14-15H,5-9H2,1-4H3. The zero-order chi connectivity index (χ0) is 15.2. The fourth-order valence-corrected chi connectivity index (χ4v) is 4.10. The highest BCUT2D eigenvalue weighted by Gasteiger charge is 2.25. The molecule has 5 nitrogen and oxygen atoms in total. The van der Waals surface area contributed by atoms with Gasteiger partial charge in [0.05, 0.1) is 0 Å². The van der Waals surface area contributed by atoms with Crippen molar-refractivity contribution in [3.8, 4) is 0 Å². The van der Waals surface area contributed by atoms with Crippen LogP contribution in [-0.2, 0) is 16.6 Å². The molecule has 0 unspecified atom stereocenters. The Balaban J connectivity index is 2.81. The first-order valence-electron chi connectivity index (χ1n) is 6.66. The van der Waals surface area contributed by atoms with Gasteiger partial charge < -0.3 is 9.73 Å². The van der Waals surface area contributed by atoms with Gasteiger partial charge in [-0.3, -0.25) is 0 Å². The summed E-state index contributed by atoms with van der Waals surface area (Å²) in [7, 11) is -1.71. The average Bonchev–Trinajstić information content (AvgIpc) is 2.65. The van der Waals surface area contributed by atoms with Gasteiger partial charge in [-0.25, -0.2) is 13.1 Å². The summed E-state index contributed by atoms with van der Waals surface area (Å²) in [5.74, 6) is 2.15. The normalized spacial score (nSPS) is 12.0. The molecule has 0 amide bonds. The molecule has 116 valence electrons. The van der Waals surface area contributed by atoms with E-state index in [0.29, 0.717) is 30.2 Å². The molecule has 0 atom stereocenters. The third-order valence-corrected chi connectivity index (χ3v) is 5.37. The first-order chi connectivity index (χ1) is 9.44.